The second-order valence-electron chi connectivity index (χ2n) is 5.46. The Morgan fingerprint density at radius 2 is 1.58 bits per heavy atom. The molecule has 0 aromatic heterocycles. The first-order chi connectivity index (χ1) is 9.18. The Labute approximate surface area is 109 Å². The van der Waals surface area contributed by atoms with Gasteiger partial charge in [-0.15, -0.1) is 0 Å². The zero-order valence-electron chi connectivity index (χ0n) is 10.1. The number of nitrogens with zero attached hydrogens (tertiary/aromatic N) is 1. The number of allylic oxidation sites excluding steroid dienone is 2. The number of rotatable bonds is 1. The van der Waals surface area contributed by atoms with Gasteiger partial charge in [0.1, 0.15) is 5.82 Å². The zero-order valence-corrected chi connectivity index (χ0v) is 10.1. The van der Waals surface area contributed by atoms with Crippen molar-refractivity contribution < 1.29 is 14.0 Å². The normalized spacial score (nSPS) is 35.3. The van der Waals surface area contributed by atoms with Crippen LogP contribution in [-0.4, -0.2) is 11.8 Å². The molecule has 4 atom stereocenters. The van der Waals surface area contributed by atoms with Crippen LogP contribution >= 0.6 is 0 Å². The summed E-state index contributed by atoms with van der Waals surface area (Å²) < 4.78 is 13.8. The van der Waals surface area contributed by atoms with E-state index in [-0.39, 0.29) is 41.2 Å². The Kier molecular flexibility index (Phi) is 2.03. The van der Waals surface area contributed by atoms with Crippen molar-refractivity contribution in [3.8, 4) is 0 Å². The topological polar surface area (TPSA) is 37.4 Å². The van der Waals surface area contributed by atoms with Gasteiger partial charge < -0.3 is 0 Å². The highest BCUT2D eigenvalue weighted by Crippen LogP contribution is 2.53. The molecular formula is C15H12FNO2. The van der Waals surface area contributed by atoms with Crippen LogP contribution in [0.5, 0.6) is 0 Å². The molecule has 1 aliphatic heterocycles. The fraction of sp³-hybridized carbons (Fsp3) is 0.333. The number of fused-ring (bicyclic) bond motifs is 5. The smallest absolute Gasteiger partial charge is 0.238 e. The van der Waals surface area contributed by atoms with Gasteiger partial charge in [-0.2, -0.15) is 0 Å². The highest BCUT2D eigenvalue weighted by atomic mass is 19.1. The van der Waals surface area contributed by atoms with Crippen LogP contribution in [-0.2, 0) is 9.59 Å². The van der Waals surface area contributed by atoms with Gasteiger partial charge in [0.25, 0.3) is 0 Å². The maximum atomic E-state index is 13.8. The lowest BCUT2D eigenvalue weighted by Gasteiger charge is -2.17. The second-order valence-corrected chi connectivity index (χ2v) is 5.46. The number of para-hydroxylation sites is 1. The number of hydrogen-bond acceptors (Lipinski definition) is 2. The lowest BCUT2D eigenvalue weighted by molar-refractivity contribution is -0.123. The highest BCUT2D eigenvalue weighted by Gasteiger charge is 2.59. The number of carbonyl (C=O) groups is 2. The molecule has 1 saturated carbocycles. The van der Waals surface area contributed by atoms with Crippen LogP contribution in [0.25, 0.3) is 0 Å². The summed E-state index contributed by atoms with van der Waals surface area (Å²) >= 11 is 0. The van der Waals surface area contributed by atoms with Crippen LogP contribution in [0.1, 0.15) is 6.42 Å². The van der Waals surface area contributed by atoms with Crippen molar-refractivity contribution in [3.05, 3.63) is 42.2 Å². The average molecular weight is 257 g/mol. The van der Waals surface area contributed by atoms with E-state index >= 15 is 0 Å². The SMILES string of the molecule is O=C1[C@@H]2[C@@H](C(=O)N1c1ccccc1F)[C@H]1C=C[C@H]2C1. The van der Waals surface area contributed by atoms with Crippen LogP contribution < -0.4 is 4.90 Å². The Morgan fingerprint density at radius 1 is 1.00 bits per heavy atom. The zero-order chi connectivity index (χ0) is 13.1. The standard InChI is InChI=1S/C15H12FNO2/c16-10-3-1-2-4-11(10)17-14(18)12-8-5-6-9(7-8)13(12)15(17)19/h1-6,8-9,12-13H,7H2/t8-,9-,12-,13-/m0/s1. The number of imide groups is 1. The molecule has 1 aromatic rings. The van der Waals surface area contributed by atoms with Gasteiger partial charge in [-0.3, -0.25) is 9.59 Å². The number of halogens is 1. The molecule has 1 saturated heterocycles. The van der Waals surface area contributed by atoms with Crippen molar-refractivity contribution >= 4 is 17.5 Å². The van der Waals surface area contributed by atoms with Crippen molar-refractivity contribution in [1.29, 1.82) is 0 Å². The van der Waals surface area contributed by atoms with Crippen molar-refractivity contribution in [1.82, 2.24) is 0 Å². The Morgan fingerprint density at radius 3 is 2.16 bits per heavy atom. The summed E-state index contributed by atoms with van der Waals surface area (Å²) in [5.74, 6) is -1.24. The largest absolute Gasteiger partial charge is 0.274 e. The third-order valence-corrected chi connectivity index (χ3v) is 4.56. The highest BCUT2D eigenvalue weighted by molar-refractivity contribution is 6.22. The maximum absolute atomic E-state index is 13.8. The molecule has 1 aromatic carbocycles. The molecule has 1 heterocycles. The fourth-order valence-corrected chi connectivity index (χ4v) is 3.77. The predicted molar refractivity (Wildman–Crippen MR) is 66.6 cm³/mol. The van der Waals surface area contributed by atoms with E-state index in [1.807, 2.05) is 12.2 Å². The molecule has 2 amide bonds. The third-order valence-electron chi connectivity index (χ3n) is 4.56. The summed E-state index contributed by atoms with van der Waals surface area (Å²) in [5, 5.41) is 0. The Balaban J connectivity index is 1.79. The lowest BCUT2D eigenvalue weighted by atomic mass is 9.85. The molecule has 0 radical (unpaired) electrons. The van der Waals surface area contributed by atoms with Gasteiger partial charge in [0.2, 0.25) is 11.8 Å². The summed E-state index contributed by atoms with van der Waals surface area (Å²) in [6.45, 7) is 0. The van der Waals surface area contributed by atoms with Gasteiger partial charge in [0.15, 0.2) is 0 Å². The minimum absolute atomic E-state index is 0.0892. The molecule has 2 aliphatic carbocycles. The van der Waals surface area contributed by atoms with Crippen LogP contribution in [0, 0.1) is 29.5 Å². The summed E-state index contributed by atoms with van der Waals surface area (Å²) in [7, 11) is 0. The van der Waals surface area contributed by atoms with Crippen molar-refractivity contribution in [2.75, 3.05) is 4.90 Å². The fourth-order valence-electron chi connectivity index (χ4n) is 3.77. The first-order valence-corrected chi connectivity index (χ1v) is 6.49. The molecule has 3 nitrogen and oxygen atoms in total. The van der Waals surface area contributed by atoms with Gasteiger partial charge in [0, 0.05) is 0 Å². The van der Waals surface area contributed by atoms with Crippen LogP contribution in [0.2, 0.25) is 0 Å². The molecule has 4 heteroatoms. The number of hydrogen-bond donors (Lipinski definition) is 0. The molecule has 2 fully saturated rings. The molecule has 0 unspecified atom stereocenters. The second kappa shape index (κ2) is 3.53. The Hall–Kier alpha value is -1.97. The first kappa shape index (κ1) is 10.9. The molecule has 0 N–H and O–H groups in total. The van der Waals surface area contributed by atoms with Gasteiger partial charge in [-0.05, 0) is 30.4 Å². The predicted octanol–water partition coefficient (Wildman–Crippen LogP) is 2.14. The lowest BCUT2D eigenvalue weighted by Crippen LogP contribution is -2.33. The van der Waals surface area contributed by atoms with Crippen molar-refractivity contribution in [2.24, 2.45) is 23.7 Å². The van der Waals surface area contributed by atoms with Gasteiger partial charge >= 0.3 is 0 Å². The summed E-state index contributed by atoms with van der Waals surface area (Å²) in [4.78, 5) is 25.9. The monoisotopic (exact) mass is 257 g/mol. The van der Waals surface area contributed by atoms with Gasteiger partial charge in [-0.1, -0.05) is 24.3 Å². The van der Waals surface area contributed by atoms with Crippen LogP contribution in [0.15, 0.2) is 36.4 Å². The number of carbonyl (C=O) groups excluding carboxylic acids is 2. The minimum Gasteiger partial charge on any atom is -0.274 e. The van der Waals surface area contributed by atoms with E-state index in [1.165, 1.54) is 12.1 Å². The van der Waals surface area contributed by atoms with Gasteiger partial charge in [-0.25, -0.2) is 9.29 Å². The average Bonchev–Trinajstić information content (AvgIpc) is 3.06. The molecule has 0 spiro atoms. The molecule has 3 aliphatic rings. The van der Waals surface area contributed by atoms with E-state index < -0.39 is 5.82 Å². The van der Waals surface area contributed by atoms with E-state index in [9.17, 15) is 14.0 Å². The van der Waals surface area contributed by atoms with E-state index in [1.54, 1.807) is 12.1 Å². The molecule has 19 heavy (non-hydrogen) atoms. The molecule has 96 valence electrons. The number of amides is 2. The molecule has 4 rings (SSSR count). The molecule has 2 bridgehead atoms. The van der Waals surface area contributed by atoms with E-state index in [2.05, 4.69) is 0 Å². The summed E-state index contributed by atoms with van der Waals surface area (Å²) in [6.07, 6.45) is 4.95. The summed E-state index contributed by atoms with van der Waals surface area (Å²) in [6, 6.07) is 5.95. The Bertz CT molecular complexity index is 594. The van der Waals surface area contributed by atoms with Gasteiger partial charge in [0.05, 0.1) is 17.5 Å². The maximum Gasteiger partial charge on any atom is 0.238 e. The molecular weight excluding hydrogens is 245 g/mol. The van der Waals surface area contributed by atoms with Crippen LogP contribution in [0.4, 0.5) is 10.1 Å². The van der Waals surface area contributed by atoms with Crippen molar-refractivity contribution in [3.63, 3.8) is 0 Å². The van der Waals surface area contributed by atoms with Crippen molar-refractivity contribution in [2.45, 2.75) is 6.42 Å². The van der Waals surface area contributed by atoms with E-state index in [4.69, 9.17) is 0 Å². The van der Waals surface area contributed by atoms with E-state index in [0.717, 1.165) is 11.3 Å². The van der Waals surface area contributed by atoms with Crippen LogP contribution in [0.3, 0.4) is 0 Å². The summed E-state index contributed by atoms with van der Waals surface area (Å²) in [5.41, 5.74) is 0.0892. The first-order valence-electron chi connectivity index (χ1n) is 6.49. The minimum atomic E-state index is -0.524. The third kappa shape index (κ3) is 1.26. The quantitative estimate of drug-likeness (QED) is 0.571. The number of anilines is 1. The number of benzene rings is 1. The van der Waals surface area contributed by atoms with E-state index in [0.29, 0.717) is 0 Å².